The molecule has 1 unspecified atom stereocenters. The molecule has 1 saturated heterocycles. The first-order chi connectivity index (χ1) is 16.9. The number of hydrogen-bond acceptors (Lipinski definition) is 5. The molecule has 4 heterocycles. The molecule has 35 heavy (non-hydrogen) atoms. The van der Waals surface area contributed by atoms with Gasteiger partial charge in [0.2, 0.25) is 5.43 Å². The van der Waals surface area contributed by atoms with Crippen LogP contribution in [0.2, 0.25) is 0 Å². The second kappa shape index (κ2) is 8.12. The summed E-state index contributed by atoms with van der Waals surface area (Å²) in [5, 5.41) is 12.6. The van der Waals surface area contributed by atoms with Gasteiger partial charge in [0.1, 0.15) is 6.17 Å². The molecule has 1 fully saturated rings. The standard InChI is InChI=1S/C26H23F2N3O3S/c1-14-6-9-21-29(12-14)26(34)24-25(33)19(32)10-11-30(24)31(21)23-15-7-8-18(27)22(28)17(15)13-35-20-5-3-2-4-16(20)23/h2-5,7-8,10-11,14,21,23,33H,6,9,12-13H2,1H3/t14-,21?,23+/m1/s1. The van der Waals surface area contributed by atoms with Crippen molar-refractivity contribution in [3.8, 4) is 5.75 Å². The number of rotatable bonds is 1. The Hall–Kier alpha value is -3.33. The molecular weight excluding hydrogens is 472 g/mol. The molecule has 180 valence electrons. The number of nitrogens with zero attached hydrogens (tertiary/aromatic N) is 3. The minimum atomic E-state index is -0.905. The molecule has 3 atom stereocenters. The van der Waals surface area contributed by atoms with E-state index in [-0.39, 0.29) is 22.9 Å². The third kappa shape index (κ3) is 3.28. The highest BCUT2D eigenvalue weighted by molar-refractivity contribution is 7.98. The molecule has 0 spiro atoms. The van der Waals surface area contributed by atoms with Gasteiger partial charge in [-0.3, -0.25) is 19.3 Å². The lowest BCUT2D eigenvalue weighted by atomic mass is 9.90. The summed E-state index contributed by atoms with van der Waals surface area (Å²) >= 11 is 1.44. The van der Waals surface area contributed by atoms with Gasteiger partial charge < -0.3 is 10.0 Å². The average Bonchev–Trinajstić information content (AvgIpc) is 3.01. The van der Waals surface area contributed by atoms with E-state index in [0.717, 1.165) is 22.9 Å². The lowest BCUT2D eigenvalue weighted by molar-refractivity contribution is 0.0381. The first kappa shape index (κ1) is 22.2. The lowest BCUT2D eigenvalue weighted by Gasteiger charge is -2.52. The molecule has 0 bridgehead atoms. The molecule has 9 heteroatoms. The molecular formula is C26H23F2N3O3S. The fourth-order valence-corrected chi connectivity index (χ4v) is 6.68. The molecule has 2 aromatic carbocycles. The van der Waals surface area contributed by atoms with Crippen LogP contribution in [0, 0.1) is 17.6 Å². The number of aromatic hydroxyl groups is 1. The number of amides is 1. The van der Waals surface area contributed by atoms with Crippen molar-refractivity contribution in [1.82, 2.24) is 9.58 Å². The van der Waals surface area contributed by atoms with E-state index in [0.29, 0.717) is 18.5 Å². The van der Waals surface area contributed by atoms with Crippen LogP contribution in [0.25, 0.3) is 0 Å². The summed E-state index contributed by atoms with van der Waals surface area (Å²) in [5.41, 5.74) is 1.01. The van der Waals surface area contributed by atoms with Gasteiger partial charge in [-0.2, -0.15) is 0 Å². The fraction of sp³-hybridized carbons (Fsp3) is 0.308. The number of halogens is 2. The van der Waals surface area contributed by atoms with Gasteiger partial charge in [0, 0.05) is 35.0 Å². The van der Waals surface area contributed by atoms with Gasteiger partial charge in [-0.1, -0.05) is 31.2 Å². The zero-order valence-electron chi connectivity index (χ0n) is 18.9. The molecule has 0 saturated carbocycles. The molecule has 1 N–H and O–H groups in total. The summed E-state index contributed by atoms with van der Waals surface area (Å²) in [6.07, 6.45) is 2.63. The van der Waals surface area contributed by atoms with Gasteiger partial charge in [0.05, 0.1) is 6.04 Å². The first-order valence-corrected chi connectivity index (χ1v) is 12.6. The van der Waals surface area contributed by atoms with E-state index in [2.05, 4.69) is 6.92 Å². The van der Waals surface area contributed by atoms with Crippen molar-refractivity contribution < 1.29 is 18.7 Å². The van der Waals surface area contributed by atoms with Crippen molar-refractivity contribution in [2.75, 3.05) is 11.6 Å². The van der Waals surface area contributed by atoms with E-state index in [9.17, 15) is 19.1 Å². The number of carbonyl (C=O) groups is 1. The van der Waals surface area contributed by atoms with Gasteiger partial charge in [0.15, 0.2) is 23.1 Å². The van der Waals surface area contributed by atoms with E-state index >= 15 is 4.39 Å². The Labute approximate surface area is 204 Å². The highest BCUT2D eigenvalue weighted by Gasteiger charge is 2.46. The highest BCUT2D eigenvalue weighted by Crippen LogP contribution is 2.46. The molecule has 6 rings (SSSR count). The largest absolute Gasteiger partial charge is 0.502 e. The van der Waals surface area contributed by atoms with E-state index in [4.69, 9.17) is 0 Å². The van der Waals surface area contributed by atoms with Gasteiger partial charge in [0.25, 0.3) is 5.91 Å². The van der Waals surface area contributed by atoms with Crippen LogP contribution >= 0.6 is 11.8 Å². The zero-order chi connectivity index (χ0) is 24.4. The number of piperidine rings is 1. The quantitative estimate of drug-likeness (QED) is 0.543. The minimum absolute atomic E-state index is 0.110. The number of pyridine rings is 1. The molecule has 1 amide bonds. The minimum Gasteiger partial charge on any atom is -0.502 e. The molecule has 0 aliphatic carbocycles. The van der Waals surface area contributed by atoms with Crippen LogP contribution in [-0.2, 0) is 5.75 Å². The average molecular weight is 496 g/mol. The summed E-state index contributed by atoms with van der Waals surface area (Å²) in [5.74, 6) is -2.30. The molecule has 6 nitrogen and oxygen atoms in total. The smallest absolute Gasteiger partial charge is 0.278 e. The summed E-state index contributed by atoms with van der Waals surface area (Å²) in [7, 11) is 0. The van der Waals surface area contributed by atoms with Gasteiger partial charge in [-0.15, -0.1) is 11.8 Å². The second-order valence-corrected chi connectivity index (χ2v) is 10.4. The van der Waals surface area contributed by atoms with E-state index in [1.807, 2.05) is 29.3 Å². The van der Waals surface area contributed by atoms with Crippen molar-refractivity contribution in [3.05, 3.63) is 92.9 Å². The van der Waals surface area contributed by atoms with Crippen molar-refractivity contribution in [3.63, 3.8) is 0 Å². The van der Waals surface area contributed by atoms with Crippen LogP contribution in [0.3, 0.4) is 0 Å². The maximum Gasteiger partial charge on any atom is 0.278 e. The Kier molecular flexibility index (Phi) is 5.14. The number of benzene rings is 2. The third-order valence-corrected chi connectivity index (χ3v) is 8.35. The molecule has 0 radical (unpaired) electrons. The first-order valence-electron chi connectivity index (χ1n) is 11.6. The highest BCUT2D eigenvalue weighted by atomic mass is 32.2. The van der Waals surface area contributed by atoms with Crippen molar-refractivity contribution >= 4 is 17.7 Å². The Bertz CT molecular complexity index is 1430. The maximum atomic E-state index is 15.1. The van der Waals surface area contributed by atoms with E-state index in [1.165, 1.54) is 24.0 Å². The summed E-state index contributed by atoms with van der Waals surface area (Å²) in [6, 6.07) is 11.1. The molecule has 3 aliphatic heterocycles. The number of hydrogen-bond donors (Lipinski definition) is 1. The SMILES string of the molecule is C[C@@H]1CCC2N(C1)C(=O)c1c(O)c(=O)ccn1N2[C@@H]1c2ccccc2SCc2c1ccc(F)c2F. The van der Waals surface area contributed by atoms with Crippen LogP contribution in [0.4, 0.5) is 8.78 Å². The van der Waals surface area contributed by atoms with Gasteiger partial charge >= 0.3 is 0 Å². The van der Waals surface area contributed by atoms with E-state index < -0.39 is 40.9 Å². The number of fused-ring (bicyclic) bond motifs is 4. The number of carbonyl (C=O) groups excluding carboxylic acids is 1. The van der Waals surface area contributed by atoms with Crippen LogP contribution < -0.4 is 10.4 Å². The van der Waals surface area contributed by atoms with Crippen LogP contribution in [-0.4, -0.2) is 33.3 Å². The summed E-state index contributed by atoms with van der Waals surface area (Å²) < 4.78 is 31.0. The molecule has 3 aliphatic rings. The van der Waals surface area contributed by atoms with Crippen molar-refractivity contribution in [1.29, 1.82) is 0 Å². The van der Waals surface area contributed by atoms with Gasteiger partial charge in [-0.05, 0) is 42.0 Å². The topological polar surface area (TPSA) is 65.8 Å². The van der Waals surface area contributed by atoms with Crippen LogP contribution in [0.1, 0.15) is 53.0 Å². The normalized spacial score (nSPS) is 23.2. The Morgan fingerprint density at radius 2 is 1.83 bits per heavy atom. The zero-order valence-corrected chi connectivity index (χ0v) is 19.8. The Morgan fingerprint density at radius 3 is 2.66 bits per heavy atom. The van der Waals surface area contributed by atoms with Crippen molar-refractivity contribution in [2.45, 2.75) is 42.6 Å². The number of thioether (sulfide) groups is 1. The Morgan fingerprint density at radius 1 is 1.03 bits per heavy atom. The summed E-state index contributed by atoms with van der Waals surface area (Å²) in [4.78, 5) is 28.5. The number of aromatic nitrogens is 1. The summed E-state index contributed by atoms with van der Waals surface area (Å²) in [6.45, 7) is 2.53. The lowest BCUT2D eigenvalue weighted by Crippen LogP contribution is -2.64. The molecule has 3 aromatic rings. The molecule has 1 aromatic heterocycles. The fourth-order valence-electron chi connectivity index (χ4n) is 5.57. The monoisotopic (exact) mass is 495 g/mol. The third-order valence-electron chi connectivity index (χ3n) is 7.23. The predicted molar refractivity (Wildman–Crippen MR) is 128 cm³/mol. The van der Waals surface area contributed by atoms with E-state index in [1.54, 1.807) is 15.6 Å². The predicted octanol–water partition coefficient (Wildman–Crippen LogP) is 4.38. The van der Waals surface area contributed by atoms with Crippen LogP contribution in [0.5, 0.6) is 5.75 Å². The van der Waals surface area contributed by atoms with Gasteiger partial charge in [-0.25, -0.2) is 8.78 Å². The Balaban J connectivity index is 1.66. The van der Waals surface area contributed by atoms with Crippen molar-refractivity contribution in [2.24, 2.45) is 5.92 Å². The second-order valence-electron chi connectivity index (χ2n) is 9.38. The van der Waals surface area contributed by atoms with Crippen LogP contribution in [0.15, 0.2) is 58.4 Å². The maximum absolute atomic E-state index is 15.1.